The second-order valence-corrected chi connectivity index (χ2v) is 5.83. The number of rotatable bonds is 3. The molecule has 2 rings (SSSR count). The summed E-state index contributed by atoms with van der Waals surface area (Å²) in [4.78, 5) is 6.65. The SMILES string of the molecule is CC(N)C1CCN(Cc2nc(Cl)ccc2Cl)CC1. The van der Waals surface area contributed by atoms with Crippen molar-refractivity contribution in [2.24, 2.45) is 11.7 Å². The van der Waals surface area contributed by atoms with Crippen LogP contribution in [0.25, 0.3) is 0 Å². The Bertz CT molecular complexity index is 401. The van der Waals surface area contributed by atoms with Gasteiger partial charge >= 0.3 is 0 Å². The van der Waals surface area contributed by atoms with E-state index in [1.165, 1.54) is 0 Å². The Morgan fingerprint density at radius 3 is 2.67 bits per heavy atom. The van der Waals surface area contributed by atoms with E-state index in [2.05, 4.69) is 16.8 Å². The highest BCUT2D eigenvalue weighted by Crippen LogP contribution is 2.23. The van der Waals surface area contributed by atoms with E-state index in [9.17, 15) is 0 Å². The van der Waals surface area contributed by atoms with Gasteiger partial charge in [-0.3, -0.25) is 4.90 Å². The molecule has 2 heterocycles. The highest BCUT2D eigenvalue weighted by molar-refractivity contribution is 6.32. The van der Waals surface area contributed by atoms with E-state index in [1.54, 1.807) is 12.1 Å². The van der Waals surface area contributed by atoms with E-state index in [0.29, 0.717) is 22.1 Å². The molecular weight excluding hydrogens is 269 g/mol. The van der Waals surface area contributed by atoms with Crippen LogP contribution in [0.3, 0.4) is 0 Å². The summed E-state index contributed by atoms with van der Waals surface area (Å²) in [6.45, 7) is 4.97. The summed E-state index contributed by atoms with van der Waals surface area (Å²) in [5, 5.41) is 1.19. The van der Waals surface area contributed by atoms with Crippen LogP contribution in [-0.4, -0.2) is 29.0 Å². The first kappa shape index (κ1) is 14.1. The largest absolute Gasteiger partial charge is 0.328 e. The molecule has 1 fully saturated rings. The third kappa shape index (κ3) is 3.58. The first-order valence-electron chi connectivity index (χ1n) is 6.35. The average Bonchev–Trinajstić information content (AvgIpc) is 2.34. The predicted molar refractivity (Wildman–Crippen MR) is 75.9 cm³/mol. The first-order chi connectivity index (χ1) is 8.56. The first-order valence-corrected chi connectivity index (χ1v) is 7.10. The molecule has 1 saturated heterocycles. The maximum absolute atomic E-state index is 6.13. The number of likely N-dealkylation sites (tertiary alicyclic amines) is 1. The molecule has 5 heteroatoms. The Labute approximate surface area is 118 Å². The number of pyridine rings is 1. The molecule has 1 aromatic heterocycles. The van der Waals surface area contributed by atoms with Crippen molar-refractivity contribution in [3.8, 4) is 0 Å². The highest BCUT2D eigenvalue weighted by atomic mass is 35.5. The van der Waals surface area contributed by atoms with Gasteiger partial charge in [-0.05, 0) is 50.9 Å². The van der Waals surface area contributed by atoms with Gasteiger partial charge in [-0.1, -0.05) is 23.2 Å². The third-order valence-corrected chi connectivity index (χ3v) is 4.19. The van der Waals surface area contributed by atoms with E-state index in [1.807, 2.05) is 0 Å². The zero-order chi connectivity index (χ0) is 13.1. The van der Waals surface area contributed by atoms with Gasteiger partial charge in [0.25, 0.3) is 0 Å². The molecule has 3 nitrogen and oxygen atoms in total. The molecule has 18 heavy (non-hydrogen) atoms. The second kappa shape index (κ2) is 6.20. The van der Waals surface area contributed by atoms with Crippen molar-refractivity contribution in [1.82, 2.24) is 9.88 Å². The van der Waals surface area contributed by atoms with E-state index in [4.69, 9.17) is 28.9 Å². The summed E-state index contributed by atoms with van der Waals surface area (Å²) < 4.78 is 0. The summed E-state index contributed by atoms with van der Waals surface area (Å²) >= 11 is 12.0. The molecule has 2 N–H and O–H groups in total. The van der Waals surface area contributed by atoms with Gasteiger partial charge in [0.2, 0.25) is 0 Å². The smallest absolute Gasteiger partial charge is 0.129 e. The maximum Gasteiger partial charge on any atom is 0.129 e. The van der Waals surface area contributed by atoms with Crippen molar-refractivity contribution in [3.63, 3.8) is 0 Å². The highest BCUT2D eigenvalue weighted by Gasteiger charge is 2.22. The summed E-state index contributed by atoms with van der Waals surface area (Å²) in [5.74, 6) is 0.643. The fourth-order valence-electron chi connectivity index (χ4n) is 2.42. The molecule has 0 radical (unpaired) electrons. The lowest BCUT2D eigenvalue weighted by molar-refractivity contribution is 0.164. The normalized spacial score (nSPS) is 20.0. The minimum atomic E-state index is 0.292. The molecule has 0 spiro atoms. The molecule has 100 valence electrons. The molecule has 1 atom stereocenters. The summed E-state index contributed by atoms with van der Waals surface area (Å²) in [5.41, 5.74) is 6.80. The number of piperidine rings is 1. The van der Waals surface area contributed by atoms with Gasteiger partial charge in [-0.2, -0.15) is 0 Å². The van der Waals surface area contributed by atoms with Crippen LogP contribution in [0.4, 0.5) is 0 Å². The van der Waals surface area contributed by atoms with E-state index >= 15 is 0 Å². The predicted octanol–water partition coefficient (Wildman–Crippen LogP) is 2.95. The van der Waals surface area contributed by atoms with E-state index in [0.717, 1.165) is 38.2 Å². The minimum Gasteiger partial charge on any atom is -0.328 e. The van der Waals surface area contributed by atoms with E-state index in [-0.39, 0.29) is 0 Å². The monoisotopic (exact) mass is 287 g/mol. The molecule has 0 aliphatic carbocycles. The van der Waals surface area contributed by atoms with Gasteiger partial charge in [0.1, 0.15) is 5.15 Å². The van der Waals surface area contributed by atoms with Crippen LogP contribution in [-0.2, 0) is 6.54 Å². The van der Waals surface area contributed by atoms with Gasteiger partial charge in [-0.25, -0.2) is 4.98 Å². The zero-order valence-electron chi connectivity index (χ0n) is 10.6. The zero-order valence-corrected chi connectivity index (χ0v) is 12.1. The Kier molecular flexibility index (Phi) is 4.84. The van der Waals surface area contributed by atoms with Crippen LogP contribution in [0, 0.1) is 5.92 Å². The molecule has 1 aliphatic rings. The van der Waals surface area contributed by atoms with Crippen molar-refractivity contribution in [2.45, 2.75) is 32.4 Å². The van der Waals surface area contributed by atoms with Crippen LogP contribution in [0.5, 0.6) is 0 Å². The summed E-state index contributed by atoms with van der Waals surface area (Å²) in [6, 6.07) is 3.82. The van der Waals surface area contributed by atoms with Gasteiger partial charge in [0, 0.05) is 12.6 Å². The number of nitrogens with zero attached hydrogens (tertiary/aromatic N) is 2. The Morgan fingerprint density at radius 1 is 1.39 bits per heavy atom. The van der Waals surface area contributed by atoms with Crippen molar-refractivity contribution in [1.29, 1.82) is 0 Å². The quantitative estimate of drug-likeness (QED) is 0.869. The fourth-order valence-corrected chi connectivity index (χ4v) is 2.75. The number of nitrogens with two attached hydrogens (primary N) is 1. The Balaban J connectivity index is 1.93. The molecule has 1 unspecified atom stereocenters. The maximum atomic E-state index is 6.13. The van der Waals surface area contributed by atoms with E-state index < -0.39 is 0 Å². The lowest BCUT2D eigenvalue weighted by Gasteiger charge is -2.33. The van der Waals surface area contributed by atoms with Crippen molar-refractivity contribution >= 4 is 23.2 Å². The van der Waals surface area contributed by atoms with Crippen molar-refractivity contribution in [2.75, 3.05) is 13.1 Å². The van der Waals surface area contributed by atoms with Gasteiger partial charge in [0.15, 0.2) is 0 Å². The molecule has 0 saturated carbocycles. The lowest BCUT2D eigenvalue weighted by atomic mass is 9.91. The Morgan fingerprint density at radius 2 is 2.06 bits per heavy atom. The third-order valence-electron chi connectivity index (χ3n) is 3.63. The second-order valence-electron chi connectivity index (χ2n) is 5.04. The average molecular weight is 288 g/mol. The van der Waals surface area contributed by atoms with Gasteiger partial charge in [-0.15, -0.1) is 0 Å². The van der Waals surface area contributed by atoms with Gasteiger partial charge in [0.05, 0.1) is 10.7 Å². The number of hydrogen-bond acceptors (Lipinski definition) is 3. The molecular formula is C13H19Cl2N3. The number of halogens is 2. The van der Waals surface area contributed by atoms with Gasteiger partial charge < -0.3 is 5.73 Å². The van der Waals surface area contributed by atoms with Crippen LogP contribution < -0.4 is 5.73 Å². The molecule has 1 aromatic rings. The molecule has 1 aliphatic heterocycles. The van der Waals surface area contributed by atoms with Crippen molar-refractivity contribution < 1.29 is 0 Å². The molecule has 0 amide bonds. The standard InChI is InChI=1S/C13H19Cl2N3/c1-9(16)10-4-6-18(7-5-10)8-12-11(14)2-3-13(15)17-12/h2-3,9-10H,4-8,16H2,1H3. The number of aromatic nitrogens is 1. The fraction of sp³-hybridized carbons (Fsp3) is 0.615. The number of hydrogen-bond donors (Lipinski definition) is 1. The Hall–Kier alpha value is -0.350. The lowest BCUT2D eigenvalue weighted by Crippen LogP contribution is -2.39. The molecule has 0 bridgehead atoms. The summed E-state index contributed by atoms with van der Waals surface area (Å²) in [7, 11) is 0. The topological polar surface area (TPSA) is 42.1 Å². The molecule has 0 aromatic carbocycles. The minimum absolute atomic E-state index is 0.292. The van der Waals surface area contributed by atoms with Crippen LogP contribution >= 0.6 is 23.2 Å². The van der Waals surface area contributed by atoms with Crippen molar-refractivity contribution in [3.05, 3.63) is 28.0 Å². The van der Waals surface area contributed by atoms with Crippen LogP contribution in [0.1, 0.15) is 25.5 Å². The van der Waals surface area contributed by atoms with Crippen LogP contribution in [0.2, 0.25) is 10.2 Å². The summed E-state index contributed by atoms with van der Waals surface area (Å²) in [6.07, 6.45) is 2.30. The van der Waals surface area contributed by atoms with Crippen LogP contribution in [0.15, 0.2) is 12.1 Å².